The standard InChI is InChI=1S/C13H20N4O/c1-4-7-17(13(18)16-12(14)15)11-6-5-9(2)8-10(11)3/h5-6,8H,4,7H2,1-3H3,(H4,14,15,16,18). The smallest absolute Gasteiger partial charge is 0.351 e. The van der Waals surface area contributed by atoms with E-state index in [4.69, 9.17) is 11.5 Å². The third-order valence-corrected chi connectivity index (χ3v) is 2.55. The van der Waals surface area contributed by atoms with Crippen LogP contribution in [0.4, 0.5) is 10.5 Å². The summed E-state index contributed by atoms with van der Waals surface area (Å²) in [5.41, 5.74) is 13.5. The van der Waals surface area contributed by atoms with Crippen LogP contribution >= 0.6 is 0 Å². The lowest BCUT2D eigenvalue weighted by Gasteiger charge is -2.22. The van der Waals surface area contributed by atoms with E-state index in [-0.39, 0.29) is 5.96 Å². The molecule has 1 aromatic carbocycles. The number of hydrogen-bond donors (Lipinski definition) is 2. The normalized spacial score (nSPS) is 9.94. The van der Waals surface area contributed by atoms with Gasteiger partial charge in [0.2, 0.25) is 0 Å². The maximum absolute atomic E-state index is 12.0. The number of nitrogens with zero attached hydrogens (tertiary/aromatic N) is 2. The van der Waals surface area contributed by atoms with Crippen LogP contribution < -0.4 is 16.4 Å². The first-order valence-electron chi connectivity index (χ1n) is 5.94. The summed E-state index contributed by atoms with van der Waals surface area (Å²) in [6.07, 6.45) is 0.832. The summed E-state index contributed by atoms with van der Waals surface area (Å²) in [4.78, 5) is 17.1. The van der Waals surface area contributed by atoms with Gasteiger partial charge in [0, 0.05) is 12.2 Å². The average Bonchev–Trinajstić information content (AvgIpc) is 2.25. The number of nitrogens with two attached hydrogens (primary N) is 2. The predicted octanol–water partition coefficient (Wildman–Crippen LogP) is 1.91. The van der Waals surface area contributed by atoms with Crippen molar-refractivity contribution in [1.82, 2.24) is 0 Å². The van der Waals surface area contributed by atoms with E-state index in [0.717, 1.165) is 23.2 Å². The van der Waals surface area contributed by atoms with Crippen LogP contribution in [0.2, 0.25) is 0 Å². The fraction of sp³-hybridized carbons (Fsp3) is 0.385. The summed E-state index contributed by atoms with van der Waals surface area (Å²) >= 11 is 0. The Bertz CT molecular complexity index is 464. The third-order valence-electron chi connectivity index (χ3n) is 2.55. The molecule has 0 spiro atoms. The van der Waals surface area contributed by atoms with Gasteiger partial charge >= 0.3 is 6.03 Å². The van der Waals surface area contributed by atoms with Crippen LogP contribution in [0.25, 0.3) is 0 Å². The molecule has 0 fully saturated rings. The molecule has 0 saturated heterocycles. The first-order chi connectivity index (χ1) is 8.45. The van der Waals surface area contributed by atoms with Gasteiger partial charge in [-0.1, -0.05) is 24.6 Å². The van der Waals surface area contributed by atoms with Gasteiger partial charge in [0.25, 0.3) is 0 Å². The zero-order chi connectivity index (χ0) is 13.7. The van der Waals surface area contributed by atoms with Gasteiger partial charge in [-0.25, -0.2) is 4.79 Å². The molecule has 5 nitrogen and oxygen atoms in total. The van der Waals surface area contributed by atoms with Gasteiger partial charge < -0.3 is 11.5 Å². The van der Waals surface area contributed by atoms with E-state index in [9.17, 15) is 4.79 Å². The quantitative estimate of drug-likeness (QED) is 0.633. The van der Waals surface area contributed by atoms with Gasteiger partial charge in [0.1, 0.15) is 0 Å². The number of rotatable bonds is 3. The van der Waals surface area contributed by atoms with E-state index < -0.39 is 6.03 Å². The summed E-state index contributed by atoms with van der Waals surface area (Å²) in [7, 11) is 0. The van der Waals surface area contributed by atoms with Crippen LogP contribution in [-0.4, -0.2) is 18.5 Å². The number of carbonyl (C=O) groups is 1. The SMILES string of the molecule is CCCN(C(=O)N=C(N)N)c1ccc(C)cc1C. The van der Waals surface area contributed by atoms with Gasteiger partial charge in [0.15, 0.2) is 5.96 Å². The number of amides is 2. The minimum absolute atomic E-state index is 0.217. The molecule has 0 saturated carbocycles. The highest BCUT2D eigenvalue weighted by Gasteiger charge is 2.16. The first-order valence-corrected chi connectivity index (χ1v) is 5.94. The van der Waals surface area contributed by atoms with Crippen LogP contribution in [0.5, 0.6) is 0 Å². The number of aryl methyl sites for hydroxylation is 2. The predicted molar refractivity (Wildman–Crippen MR) is 74.8 cm³/mol. The number of urea groups is 1. The lowest BCUT2D eigenvalue weighted by molar-refractivity contribution is 0.254. The Balaban J connectivity index is 3.11. The maximum Gasteiger partial charge on any atom is 0.351 e. The van der Waals surface area contributed by atoms with Crippen molar-refractivity contribution in [3.63, 3.8) is 0 Å². The van der Waals surface area contributed by atoms with Crippen molar-refractivity contribution < 1.29 is 4.79 Å². The molecule has 0 unspecified atom stereocenters. The molecule has 0 aliphatic carbocycles. The number of aliphatic imine (C=N–C) groups is 1. The van der Waals surface area contributed by atoms with Crippen LogP contribution in [0.15, 0.2) is 23.2 Å². The number of carbonyl (C=O) groups excluding carboxylic acids is 1. The molecule has 0 heterocycles. The molecule has 4 N–H and O–H groups in total. The highest BCUT2D eigenvalue weighted by molar-refractivity contribution is 6.00. The van der Waals surface area contributed by atoms with Crippen LogP contribution in [0.3, 0.4) is 0 Å². The Morgan fingerprint density at radius 3 is 2.50 bits per heavy atom. The summed E-state index contributed by atoms with van der Waals surface area (Å²) < 4.78 is 0. The van der Waals surface area contributed by atoms with Crippen LogP contribution in [-0.2, 0) is 0 Å². The number of benzene rings is 1. The topological polar surface area (TPSA) is 84.7 Å². The molecule has 0 aliphatic heterocycles. The highest BCUT2D eigenvalue weighted by atomic mass is 16.2. The zero-order valence-corrected chi connectivity index (χ0v) is 11.1. The van der Waals surface area contributed by atoms with E-state index in [1.54, 1.807) is 4.90 Å². The van der Waals surface area contributed by atoms with Gasteiger partial charge in [0.05, 0.1) is 0 Å². The molecule has 0 bridgehead atoms. The Labute approximate surface area is 107 Å². The maximum atomic E-state index is 12.0. The minimum Gasteiger partial charge on any atom is -0.370 e. The summed E-state index contributed by atoms with van der Waals surface area (Å²) in [5.74, 6) is -0.217. The van der Waals surface area contributed by atoms with E-state index >= 15 is 0 Å². The van der Waals surface area contributed by atoms with Crippen molar-refractivity contribution in [3.8, 4) is 0 Å². The second kappa shape index (κ2) is 6.05. The summed E-state index contributed by atoms with van der Waals surface area (Å²) in [5, 5.41) is 0. The molecule has 18 heavy (non-hydrogen) atoms. The largest absolute Gasteiger partial charge is 0.370 e. The average molecular weight is 248 g/mol. The number of hydrogen-bond acceptors (Lipinski definition) is 1. The molecular weight excluding hydrogens is 228 g/mol. The van der Waals surface area contributed by atoms with Crippen molar-refractivity contribution in [3.05, 3.63) is 29.3 Å². The van der Waals surface area contributed by atoms with Crippen LogP contribution in [0.1, 0.15) is 24.5 Å². The van der Waals surface area contributed by atoms with E-state index in [1.807, 2.05) is 39.0 Å². The lowest BCUT2D eigenvalue weighted by atomic mass is 10.1. The molecule has 0 radical (unpaired) electrons. The Kier molecular flexibility index (Phi) is 4.71. The van der Waals surface area contributed by atoms with Gasteiger partial charge in [-0.3, -0.25) is 4.90 Å². The molecule has 0 aromatic heterocycles. The molecule has 1 rings (SSSR count). The van der Waals surface area contributed by atoms with Crippen LogP contribution in [0, 0.1) is 13.8 Å². The van der Waals surface area contributed by atoms with Crippen molar-refractivity contribution >= 4 is 17.7 Å². The number of anilines is 1. The molecule has 5 heteroatoms. The monoisotopic (exact) mass is 248 g/mol. The van der Waals surface area contributed by atoms with E-state index in [0.29, 0.717) is 6.54 Å². The van der Waals surface area contributed by atoms with E-state index in [2.05, 4.69) is 4.99 Å². The fourth-order valence-electron chi connectivity index (χ4n) is 1.82. The second-order valence-electron chi connectivity index (χ2n) is 4.26. The Morgan fingerprint density at radius 2 is 2.00 bits per heavy atom. The molecule has 2 amide bonds. The van der Waals surface area contributed by atoms with Crippen molar-refractivity contribution in [2.24, 2.45) is 16.5 Å². The van der Waals surface area contributed by atoms with Crippen molar-refractivity contribution in [2.45, 2.75) is 27.2 Å². The fourth-order valence-corrected chi connectivity index (χ4v) is 1.82. The third kappa shape index (κ3) is 3.48. The molecule has 1 aromatic rings. The first kappa shape index (κ1) is 14.0. The lowest BCUT2D eigenvalue weighted by Crippen LogP contribution is -2.33. The summed E-state index contributed by atoms with van der Waals surface area (Å²) in [6, 6.07) is 5.48. The van der Waals surface area contributed by atoms with Gasteiger partial charge in [-0.05, 0) is 31.9 Å². The number of guanidine groups is 1. The molecular formula is C13H20N4O. The molecule has 0 aliphatic rings. The van der Waals surface area contributed by atoms with Gasteiger partial charge in [-0.2, -0.15) is 4.99 Å². The molecule has 0 atom stereocenters. The van der Waals surface area contributed by atoms with Crippen molar-refractivity contribution in [2.75, 3.05) is 11.4 Å². The highest BCUT2D eigenvalue weighted by Crippen LogP contribution is 2.22. The van der Waals surface area contributed by atoms with Crippen molar-refractivity contribution in [1.29, 1.82) is 0 Å². The second-order valence-corrected chi connectivity index (χ2v) is 4.26. The Morgan fingerprint density at radius 1 is 1.33 bits per heavy atom. The minimum atomic E-state index is -0.427. The van der Waals surface area contributed by atoms with Gasteiger partial charge in [-0.15, -0.1) is 0 Å². The zero-order valence-electron chi connectivity index (χ0n) is 11.1. The Hall–Kier alpha value is -2.04. The van der Waals surface area contributed by atoms with E-state index in [1.165, 1.54) is 0 Å². The molecule has 98 valence electrons. The summed E-state index contributed by atoms with van der Waals surface area (Å²) in [6.45, 7) is 6.56.